The summed E-state index contributed by atoms with van der Waals surface area (Å²) < 4.78 is 5.13. The molecule has 0 bridgehead atoms. The van der Waals surface area contributed by atoms with Crippen LogP contribution >= 0.6 is 0 Å². The van der Waals surface area contributed by atoms with E-state index in [0.29, 0.717) is 6.41 Å². The Morgan fingerprint density at radius 3 is 2.61 bits per heavy atom. The van der Waals surface area contributed by atoms with Gasteiger partial charge in [0.15, 0.2) is 6.23 Å². The van der Waals surface area contributed by atoms with Gasteiger partial charge in [-0.1, -0.05) is 0 Å². The smallest absolute Gasteiger partial charge is 0.217 e. The van der Waals surface area contributed by atoms with Gasteiger partial charge in [-0.3, -0.25) is 14.7 Å². The lowest BCUT2D eigenvalue weighted by molar-refractivity contribution is -0.129. The summed E-state index contributed by atoms with van der Waals surface area (Å²) in [6.45, 7) is -0.475. The zero-order valence-corrected chi connectivity index (χ0v) is 9.75. The van der Waals surface area contributed by atoms with E-state index < -0.39 is 31.1 Å². The van der Waals surface area contributed by atoms with Crippen molar-refractivity contribution in [2.75, 3.05) is 13.7 Å². The van der Waals surface area contributed by atoms with Crippen LogP contribution in [-0.4, -0.2) is 77.1 Å². The van der Waals surface area contributed by atoms with Gasteiger partial charge in [-0.2, -0.15) is 0 Å². The van der Waals surface area contributed by atoms with Gasteiger partial charge >= 0.3 is 0 Å². The molecule has 0 aromatic carbocycles. The average Bonchev–Trinajstić information content (AvgIpc) is 2.67. The van der Waals surface area contributed by atoms with Crippen molar-refractivity contribution in [3.05, 3.63) is 0 Å². The summed E-state index contributed by atoms with van der Waals surface area (Å²) in [6, 6.07) is 0. The minimum absolute atomic E-state index is 0.0615. The molecule has 102 valence electrons. The SMILES string of the molecule is CN=C(N)N=CN(C=O)C1OC(CO)C(O)C1O. The molecule has 0 aliphatic carbocycles. The van der Waals surface area contributed by atoms with Crippen molar-refractivity contribution in [2.24, 2.45) is 15.7 Å². The maximum absolute atomic E-state index is 10.9. The number of aliphatic hydroxyl groups is 3. The van der Waals surface area contributed by atoms with Gasteiger partial charge in [-0.15, -0.1) is 0 Å². The van der Waals surface area contributed by atoms with Crippen molar-refractivity contribution in [3.63, 3.8) is 0 Å². The summed E-state index contributed by atoms with van der Waals surface area (Å²) >= 11 is 0. The predicted molar refractivity (Wildman–Crippen MR) is 61.7 cm³/mol. The first kappa shape index (κ1) is 14.5. The van der Waals surface area contributed by atoms with E-state index in [9.17, 15) is 15.0 Å². The lowest BCUT2D eigenvalue weighted by Crippen LogP contribution is -2.43. The Morgan fingerprint density at radius 2 is 2.17 bits per heavy atom. The van der Waals surface area contributed by atoms with Crippen molar-refractivity contribution < 1.29 is 24.9 Å². The highest BCUT2D eigenvalue weighted by molar-refractivity contribution is 5.88. The Kier molecular flexibility index (Phi) is 5.16. The molecule has 18 heavy (non-hydrogen) atoms. The zero-order valence-electron chi connectivity index (χ0n) is 9.75. The number of nitrogens with zero attached hydrogens (tertiary/aromatic N) is 3. The topological polar surface area (TPSA) is 141 Å². The number of aliphatic imine (C=N–C) groups is 2. The molecular formula is C9H16N4O5. The standard InChI is InChI=1S/C9H16N4O5/c1-11-9(10)12-3-13(4-15)8-7(17)6(16)5(2-14)18-8/h3-8,14,16-17H,2H2,1H3,(H2,10,11). The molecule has 0 radical (unpaired) electrons. The van der Waals surface area contributed by atoms with Crippen LogP contribution in [0.2, 0.25) is 0 Å². The first-order valence-electron chi connectivity index (χ1n) is 5.16. The largest absolute Gasteiger partial charge is 0.394 e. The Morgan fingerprint density at radius 1 is 1.50 bits per heavy atom. The van der Waals surface area contributed by atoms with Gasteiger partial charge < -0.3 is 25.8 Å². The van der Waals surface area contributed by atoms with Gasteiger partial charge in [-0.25, -0.2) is 4.99 Å². The molecule has 1 aliphatic rings. The Bertz CT molecular complexity index is 348. The van der Waals surface area contributed by atoms with E-state index in [4.69, 9.17) is 15.6 Å². The van der Waals surface area contributed by atoms with E-state index in [-0.39, 0.29) is 5.96 Å². The summed E-state index contributed by atoms with van der Waals surface area (Å²) in [7, 11) is 1.42. The molecule has 4 atom stereocenters. The molecule has 0 saturated carbocycles. The highest BCUT2D eigenvalue weighted by Gasteiger charge is 2.44. The van der Waals surface area contributed by atoms with E-state index in [2.05, 4.69) is 9.98 Å². The summed E-state index contributed by atoms with van der Waals surface area (Å²) in [5, 5.41) is 28.1. The van der Waals surface area contributed by atoms with Crippen LogP contribution in [0.25, 0.3) is 0 Å². The highest BCUT2D eigenvalue weighted by Crippen LogP contribution is 2.22. The van der Waals surface area contributed by atoms with Gasteiger partial charge in [0.2, 0.25) is 12.4 Å². The van der Waals surface area contributed by atoms with Crippen molar-refractivity contribution in [1.29, 1.82) is 0 Å². The molecule has 1 aliphatic heterocycles. The Labute approximate surface area is 103 Å². The number of rotatable bonds is 4. The van der Waals surface area contributed by atoms with Crippen molar-refractivity contribution in [3.8, 4) is 0 Å². The molecule has 1 fully saturated rings. The van der Waals surface area contributed by atoms with Gasteiger partial charge in [0.25, 0.3) is 0 Å². The van der Waals surface area contributed by atoms with Gasteiger partial charge in [0.05, 0.1) is 6.61 Å². The van der Waals surface area contributed by atoms with Gasteiger partial charge in [-0.05, 0) is 0 Å². The molecule has 9 heteroatoms. The fourth-order valence-electron chi connectivity index (χ4n) is 1.46. The molecule has 1 heterocycles. The second-order valence-corrected chi connectivity index (χ2v) is 3.61. The Hall–Kier alpha value is -1.55. The van der Waals surface area contributed by atoms with Gasteiger partial charge in [0, 0.05) is 7.05 Å². The normalized spacial score (nSPS) is 33.0. The van der Waals surface area contributed by atoms with Crippen LogP contribution in [0.15, 0.2) is 9.98 Å². The molecule has 0 aromatic heterocycles. The molecule has 0 aromatic rings. The number of hydrogen-bond donors (Lipinski definition) is 4. The third-order valence-electron chi connectivity index (χ3n) is 2.49. The van der Waals surface area contributed by atoms with E-state index in [1.807, 2.05) is 0 Å². The lowest BCUT2D eigenvalue weighted by Gasteiger charge is -2.22. The molecule has 1 saturated heterocycles. The number of carbonyl (C=O) groups excluding carboxylic acids is 1. The highest BCUT2D eigenvalue weighted by atomic mass is 16.6. The van der Waals surface area contributed by atoms with E-state index in [1.165, 1.54) is 7.05 Å². The number of carbonyl (C=O) groups is 1. The van der Waals surface area contributed by atoms with E-state index >= 15 is 0 Å². The molecule has 4 unspecified atom stereocenters. The van der Waals surface area contributed by atoms with Crippen molar-refractivity contribution in [1.82, 2.24) is 4.90 Å². The lowest BCUT2D eigenvalue weighted by atomic mass is 10.1. The zero-order chi connectivity index (χ0) is 13.7. The van der Waals surface area contributed by atoms with Crippen LogP contribution in [0.1, 0.15) is 0 Å². The van der Waals surface area contributed by atoms with Crippen molar-refractivity contribution in [2.45, 2.75) is 24.5 Å². The Balaban J connectivity index is 2.78. The average molecular weight is 260 g/mol. The number of aliphatic hydroxyl groups excluding tert-OH is 3. The van der Waals surface area contributed by atoms with Crippen LogP contribution < -0.4 is 5.73 Å². The molecule has 0 spiro atoms. The fourth-order valence-corrected chi connectivity index (χ4v) is 1.46. The molecular weight excluding hydrogens is 244 g/mol. The summed E-state index contributed by atoms with van der Waals surface area (Å²) in [6.07, 6.45) is -3.35. The van der Waals surface area contributed by atoms with Crippen LogP contribution in [-0.2, 0) is 9.53 Å². The van der Waals surface area contributed by atoms with Crippen molar-refractivity contribution >= 4 is 18.7 Å². The first-order valence-corrected chi connectivity index (χ1v) is 5.16. The van der Waals surface area contributed by atoms with Crippen LogP contribution in [0.5, 0.6) is 0 Å². The number of ether oxygens (including phenoxy) is 1. The van der Waals surface area contributed by atoms with E-state index in [0.717, 1.165) is 11.2 Å². The second-order valence-electron chi connectivity index (χ2n) is 3.61. The van der Waals surface area contributed by atoms with Crippen LogP contribution in [0.4, 0.5) is 0 Å². The second kappa shape index (κ2) is 6.40. The molecule has 1 rings (SSSR count). The summed E-state index contributed by atoms with van der Waals surface area (Å²) in [5.41, 5.74) is 5.31. The van der Waals surface area contributed by atoms with Gasteiger partial charge in [0.1, 0.15) is 24.7 Å². The minimum atomic E-state index is -1.35. The first-order chi connectivity index (χ1) is 8.54. The number of guanidine groups is 1. The summed E-state index contributed by atoms with van der Waals surface area (Å²) in [4.78, 5) is 18.9. The van der Waals surface area contributed by atoms with E-state index in [1.54, 1.807) is 0 Å². The molecule has 1 amide bonds. The maximum atomic E-state index is 10.9. The number of hydrogen-bond acceptors (Lipinski definition) is 6. The minimum Gasteiger partial charge on any atom is -0.394 e. The third kappa shape index (κ3) is 3.01. The monoisotopic (exact) mass is 260 g/mol. The molecule has 5 N–H and O–H groups in total. The van der Waals surface area contributed by atoms with Crippen LogP contribution in [0.3, 0.4) is 0 Å². The molecule has 9 nitrogen and oxygen atoms in total. The fraction of sp³-hybridized carbons (Fsp3) is 0.667. The number of nitrogens with two attached hydrogens (primary N) is 1. The maximum Gasteiger partial charge on any atom is 0.217 e. The summed E-state index contributed by atoms with van der Waals surface area (Å²) in [5.74, 6) is -0.0615. The number of amides is 1. The predicted octanol–water partition coefficient (Wildman–Crippen LogP) is -3.14. The van der Waals surface area contributed by atoms with Crippen LogP contribution in [0, 0.1) is 0 Å². The quantitative estimate of drug-likeness (QED) is 0.239. The third-order valence-corrected chi connectivity index (χ3v) is 2.49.